The lowest BCUT2D eigenvalue weighted by Crippen LogP contribution is -2.31. The number of nitrogens with zero attached hydrogens (tertiary/aromatic N) is 5. The van der Waals surface area contributed by atoms with Crippen LogP contribution in [0, 0.1) is 28.9 Å². The Morgan fingerprint density at radius 3 is 2.43 bits per heavy atom. The van der Waals surface area contributed by atoms with Gasteiger partial charge in [0.25, 0.3) is 5.56 Å². The van der Waals surface area contributed by atoms with Gasteiger partial charge in [-0.1, -0.05) is 31.5 Å². The molecule has 0 unspecified atom stereocenters. The molecule has 0 radical (unpaired) electrons. The molecule has 0 bridgehead atoms. The number of benzene rings is 2. The molecule has 178 valence electrons. The first kappa shape index (κ1) is 23.8. The Bertz CT molecular complexity index is 1540. The molecule has 0 aliphatic rings. The number of aromatic nitrogens is 4. The molecule has 4 rings (SSSR count). The molecular formula is C23H19ClF2N8O. The highest BCUT2D eigenvalue weighted by Crippen LogP contribution is 2.31. The second kappa shape index (κ2) is 9.15. The minimum absolute atomic E-state index is 0.0219. The van der Waals surface area contributed by atoms with Gasteiger partial charge >= 0.3 is 0 Å². The van der Waals surface area contributed by atoms with Gasteiger partial charge in [0.15, 0.2) is 5.82 Å². The molecule has 9 nitrogen and oxygen atoms in total. The second-order valence-corrected chi connectivity index (χ2v) is 8.45. The fourth-order valence-electron chi connectivity index (χ4n) is 3.72. The summed E-state index contributed by atoms with van der Waals surface area (Å²) in [6, 6.07) is 8.59. The SMILES string of the molecule is CC(C)[C@H](Nc1nc(N)nc(N)c1C#N)c1nc2cccc(Cl)c2c(=O)n1-c1cc(F)cc(F)c1. The van der Waals surface area contributed by atoms with Gasteiger partial charge in [0, 0.05) is 6.07 Å². The number of fused-ring (bicyclic) bond motifs is 1. The van der Waals surface area contributed by atoms with E-state index in [-0.39, 0.29) is 56.5 Å². The molecule has 1 atom stereocenters. The molecule has 12 heteroatoms. The Morgan fingerprint density at radius 1 is 1.11 bits per heavy atom. The zero-order chi connectivity index (χ0) is 25.4. The zero-order valence-electron chi connectivity index (χ0n) is 18.6. The van der Waals surface area contributed by atoms with E-state index >= 15 is 0 Å². The molecule has 2 heterocycles. The number of rotatable bonds is 5. The van der Waals surface area contributed by atoms with Crippen molar-refractivity contribution in [3.8, 4) is 11.8 Å². The zero-order valence-corrected chi connectivity index (χ0v) is 19.3. The van der Waals surface area contributed by atoms with Crippen LogP contribution in [0.4, 0.5) is 26.4 Å². The third kappa shape index (κ3) is 4.43. The van der Waals surface area contributed by atoms with E-state index in [0.29, 0.717) is 6.07 Å². The van der Waals surface area contributed by atoms with Gasteiger partial charge in [0.05, 0.1) is 27.7 Å². The van der Waals surface area contributed by atoms with Crippen LogP contribution in [-0.2, 0) is 0 Å². The van der Waals surface area contributed by atoms with E-state index in [2.05, 4.69) is 20.3 Å². The number of hydrogen-bond donors (Lipinski definition) is 3. The number of halogens is 3. The van der Waals surface area contributed by atoms with Crippen LogP contribution < -0.4 is 22.3 Å². The second-order valence-electron chi connectivity index (χ2n) is 8.04. The van der Waals surface area contributed by atoms with Crippen molar-refractivity contribution < 1.29 is 8.78 Å². The highest BCUT2D eigenvalue weighted by atomic mass is 35.5. The fraction of sp³-hybridized carbons (Fsp3) is 0.174. The Hall–Kier alpha value is -4.30. The summed E-state index contributed by atoms with van der Waals surface area (Å²) >= 11 is 6.29. The number of nitrogens with two attached hydrogens (primary N) is 2. The lowest BCUT2D eigenvalue weighted by atomic mass is 10.0. The first-order valence-corrected chi connectivity index (χ1v) is 10.8. The maximum atomic E-state index is 14.2. The highest BCUT2D eigenvalue weighted by Gasteiger charge is 2.27. The van der Waals surface area contributed by atoms with E-state index in [4.69, 9.17) is 23.1 Å². The van der Waals surface area contributed by atoms with Gasteiger partial charge in [0.1, 0.15) is 34.9 Å². The third-order valence-electron chi connectivity index (χ3n) is 5.28. The molecule has 5 N–H and O–H groups in total. The van der Waals surface area contributed by atoms with Crippen LogP contribution in [-0.4, -0.2) is 19.5 Å². The Labute approximate surface area is 203 Å². The molecule has 0 aliphatic carbocycles. The van der Waals surface area contributed by atoms with Crippen LogP contribution in [0.25, 0.3) is 16.6 Å². The van der Waals surface area contributed by atoms with Crippen molar-refractivity contribution in [1.82, 2.24) is 19.5 Å². The summed E-state index contributed by atoms with van der Waals surface area (Å²) in [5.41, 5.74) is 11.1. The molecule has 4 aromatic rings. The topological polar surface area (TPSA) is 149 Å². The summed E-state index contributed by atoms with van der Waals surface area (Å²) in [5.74, 6) is -2.21. The predicted molar refractivity (Wildman–Crippen MR) is 129 cm³/mol. The van der Waals surface area contributed by atoms with Gasteiger partial charge in [-0.2, -0.15) is 15.2 Å². The summed E-state index contributed by atoms with van der Waals surface area (Å²) in [6.45, 7) is 3.64. The van der Waals surface area contributed by atoms with E-state index in [1.807, 2.05) is 19.9 Å². The Balaban J connectivity index is 2.05. The van der Waals surface area contributed by atoms with Crippen LogP contribution >= 0.6 is 11.6 Å². The number of hydrogen-bond acceptors (Lipinski definition) is 8. The number of nitriles is 1. The van der Waals surface area contributed by atoms with Crippen molar-refractivity contribution in [2.24, 2.45) is 5.92 Å². The molecule has 0 spiro atoms. The largest absolute Gasteiger partial charge is 0.382 e. The molecular weight excluding hydrogens is 478 g/mol. The van der Waals surface area contributed by atoms with Gasteiger partial charge < -0.3 is 16.8 Å². The van der Waals surface area contributed by atoms with Gasteiger partial charge in [-0.05, 0) is 30.2 Å². The third-order valence-corrected chi connectivity index (χ3v) is 5.60. The predicted octanol–water partition coefficient (Wildman–Crippen LogP) is 3.95. The van der Waals surface area contributed by atoms with Gasteiger partial charge in [0.2, 0.25) is 5.95 Å². The number of nitrogen functional groups attached to an aromatic ring is 2. The van der Waals surface area contributed by atoms with Crippen LogP contribution in [0.15, 0.2) is 41.2 Å². The maximum Gasteiger partial charge on any atom is 0.267 e. The molecule has 0 aliphatic heterocycles. The first-order chi connectivity index (χ1) is 16.6. The van der Waals surface area contributed by atoms with Gasteiger partial charge in [-0.3, -0.25) is 9.36 Å². The molecule has 0 amide bonds. The van der Waals surface area contributed by atoms with E-state index in [0.717, 1.165) is 16.7 Å². The molecule has 0 fully saturated rings. The minimum atomic E-state index is -0.880. The van der Waals surface area contributed by atoms with Gasteiger partial charge in [-0.25, -0.2) is 13.8 Å². The Kier molecular flexibility index (Phi) is 6.24. The molecule has 0 saturated heterocycles. The fourth-order valence-corrected chi connectivity index (χ4v) is 3.97. The van der Waals surface area contributed by atoms with Crippen molar-refractivity contribution in [3.63, 3.8) is 0 Å². The summed E-state index contributed by atoms with van der Waals surface area (Å²) in [7, 11) is 0. The lowest BCUT2D eigenvalue weighted by Gasteiger charge is -2.26. The average molecular weight is 497 g/mol. The lowest BCUT2D eigenvalue weighted by molar-refractivity contribution is 0.507. The first-order valence-electron chi connectivity index (χ1n) is 10.4. The number of nitrogens with one attached hydrogen (secondary N) is 1. The van der Waals surface area contributed by atoms with Crippen molar-refractivity contribution >= 4 is 40.1 Å². The van der Waals surface area contributed by atoms with Gasteiger partial charge in [-0.15, -0.1) is 0 Å². The molecule has 2 aromatic carbocycles. The smallest absolute Gasteiger partial charge is 0.267 e. The minimum Gasteiger partial charge on any atom is -0.382 e. The van der Waals surface area contributed by atoms with Crippen LogP contribution in [0.3, 0.4) is 0 Å². The summed E-state index contributed by atoms with van der Waals surface area (Å²) in [5, 5.41) is 12.8. The molecule has 2 aromatic heterocycles. The highest BCUT2D eigenvalue weighted by molar-refractivity contribution is 6.35. The van der Waals surface area contributed by atoms with Crippen molar-refractivity contribution in [3.05, 3.63) is 74.8 Å². The summed E-state index contributed by atoms with van der Waals surface area (Å²) in [6.07, 6.45) is 0. The van der Waals surface area contributed by atoms with Crippen LogP contribution in [0.1, 0.15) is 31.3 Å². The standard InChI is InChI=1S/C23H19ClF2N8O/c1-10(2)18(31-20-14(9-27)19(28)32-23(29)33-20)21-30-16-5-3-4-15(24)17(16)22(35)34(21)13-7-11(25)6-12(26)8-13/h3-8,10,18H,1-2H3,(H5,28,29,31,32,33)/t18-/m0/s1. The quantitative estimate of drug-likeness (QED) is 0.376. The van der Waals surface area contributed by atoms with E-state index in [1.165, 1.54) is 6.07 Å². The number of anilines is 3. The van der Waals surface area contributed by atoms with Crippen LogP contribution in [0.5, 0.6) is 0 Å². The molecule has 35 heavy (non-hydrogen) atoms. The maximum absolute atomic E-state index is 14.2. The normalized spacial score (nSPS) is 12.0. The Morgan fingerprint density at radius 2 is 1.80 bits per heavy atom. The monoisotopic (exact) mass is 496 g/mol. The summed E-state index contributed by atoms with van der Waals surface area (Å²) in [4.78, 5) is 26.2. The van der Waals surface area contributed by atoms with Crippen molar-refractivity contribution in [2.75, 3.05) is 16.8 Å². The summed E-state index contributed by atoms with van der Waals surface area (Å²) < 4.78 is 29.4. The van der Waals surface area contributed by atoms with E-state index in [9.17, 15) is 18.8 Å². The van der Waals surface area contributed by atoms with Crippen molar-refractivity contribution in [1.29, 1.82) is 5.26 Å². The average Bonchev–Trinajstić information content (AvgIpc) is 2.76. The van der Waals surface area contributed by atoms with Crippen molar-refractivity contribution in [2.45, 2.75) is 19.9 Å². The van der Waals surface area contributed by atoms with E-state index in [1.54, 1.807) is 12.1 Å². The molecule has 0 saturated carbocycles. The van der Waals surface area contributed by atoms with Crippen LogP contribution in [0.2, 0.25) is 5.02 Å². The van der Waals surface area contributed by atoms with E-state index < -0.39 is 23.2 Å².